The van der Waals surface area contributed by atoms with Crippen LogP contribution in [-0.2, 0) is 13.1 Å². The van der Waals surface area contributed by atoms with Crippen LogP contribution in [-0.4, -0.2) is 9.78 Å². The lowest BCUT2D eigenvalue weighted by Gasteiger charge is -2.21. The van der Waals surface area contributed by atoms with Gasteiger partial charge in [0.15, 0.2) is 0 Å². The van der Waals surface area contributed by atoms with Crippen LogP contribution in [0.15, 0.2) is 28.2 Å². The molecule has 0 radical (unpaired) electrons. The van der Waals surface area contributed by atoms with Crippen molar-refractivity contribution in [3.8, 4) is 0 Å². The van der Waals surface area contributed by atoms with E-state index >= 15 is 0 Å². The van der Waals surface area contributed by atoms with Crippen LogP contribution >= 0.6 is 27.3 Å². The van der Waals surface area contributed by atoms with E-state index in [1.807, 2.05) is 0 Å². The van der Waals surface area contributed by atoms with E-state index in [2.05, 4.69) is 50.3 Å². The SMILES string of the molecule is Brc1ccc(CNCc2ccn(C3CCCCC3)n2)s1. The maximum atomic E-state index is 4.72. The zero-order valence-electron chi connectivity index (χ0n) is 11.5. The molecule has 3 nitrogen and oxygen atoms in total. The molecule has 0 amide bonds. The maximum Gasteiger partial charge on any atom is 0.0762 e. The molecule has 2 aromatic rings. The average Bonchev–Trinajstić information content (AvgIpc) is 3.09. The summed E-state index contributed by atoms with van der Waals surface area (Å²) in [4.78, 5) is 1.35. The summed E-state index contributed by atoms with van der Waals surface area (Å²) >= 11 is 5.27. The van der Waals surface area contributed by atoms with Gasteiger partial charge in [0, 0.05) is 24.2 Å². The Hall–Kier alpha value is -0.650. The first-order chi connectivity index (χ1) is 9.81. The zero-order valence-corrected chi connectivity index (χ0v) is 13.9. The third-order valence-electron chi connectivity index (χ3n) is 3.85. The molecule has 1 aliphatic rings. The van der Waals surface area contributed by atoms with E-state index in [4.69, 9.17) is 5.10 Å². The molecule has 1 fully saturated rings. The quantitative estimate of drug-likeness (QED) is 0.857. The number of thiophene rings is 1. The molecule has 0 aliphatic heterocycles. The summed E-state index contributed by atoms with van der Waals surface area (Å²) in [6.07, 6.45) is 8.82. The standard InChI is InChI=1S/C15H20BrN3S/c16-15-7-6-14(20-15)11-17-10-12-8-9-19(18-12)13-4-2-1-3-5-13/h6-9,13,17H,1-5,10-11H2. The second-order valence-corrected chi connectivity index (χ2v) is 7.94. The lowest BCUT2D eigenvalue weighted by atomic mass is 9.96. The molecule has 1 N–H and O–H groups in total. The third kappa shape index (κ3) is 3.71. The molecule has 20 heavy (non-hydrogen) atoms. The van der Waals surface area contributed by atoms with Crippen molar-refractivity contribution in [2.75, 3.05) is 0 Å². The molecule has 2 aromatic heterocycles. The average molecular weight is 354 g/mol. The Kier molecular flexibility index (Phi) is 4.91. The van der Waals surface area contributed by atoms with Gasteiger partial charge >= 0.3 is 0 Å². The summed E-state index contributed by atoms with van der Waals surface area (Å²) in [5.74, 6) is 0. The van der Waals surface area contributed by atoms with Gasteiger partial charge in [-0.15, -0.1) is 11.3 Å². The Morgan fingerprint density at radius 1 is 1.20 bits per heavy atom. The van der Waals surface area contributed by atoms with Crippen LogP contribution in [0.1, 0.15) is 48.7 Å². The highest BCUT2D eigenvalue weighted by molar-refractivity contribution is 9.11. The smallest absolute Gasteiger partial charge is 0.0762 e. The first-order valence-corrected chi connectivity index (χ1v) is 8.91. The lowest BCUT2D eigenvalue weighted by Crippen LogP contribution is -2.15. The number of halogens is 1. The van der Waals surface area contributed by atoms with Gasteiger partial charge in [-0.1, -0.05) is 19.3 Å². The first-order valence-electron chi connectivity index (χ1n) is 7.30. The maximum absolute atomic E-state index is 4.72. The minimum atomic E-state index is 0.630. The van der Waals surface area contributed by atoms with Crippen LogP contribution in [0, 0.1) is 0 Å². The molecule has 0 saturated heterocycles. The Morgan fingerprint density at radius 2 is 2.05 bits per heavy atom. The van der Waals surface area contributed by atoms with E-state index in [0.29, 0.717) is 6.04 Å². The van der Waals surface area contributed by atoms with Gasteiger partial charge in [-0.05, 0) is 47.0 Å². The highest BCUT2D eigenvalue weighted by Crippen LogP contribution is 2.27. The Morgan fingerprint density at radius 3 is 2.80 bits per heavy atom. The molecule has 0 unspecified atom stereocenters. The summed E-state index contributed by atoms with van der Waals surface area (Å²) in [5, 5.41) is 8.18. The molecule has 2 heterocycles. The van der Waals surface area contributed by atoms with Gasteiger partial charge < -0.3 is 5.32 Å². The topological polar surface area (TPSA) is 29.9 Å². The van der Waals surface area contributed by atoms with Crippen molar-refractivity contribution in [2.45, 2.75) is 51.2 Å². The van der Waals surface area contributed by atoms with Crippen molar-refractivity contribution in [3.05, 3.63) is 38.8 Å². The first kappa shape index (κ1) is 14.3. The van der Waals surface area contributed by atoms with E-state index < -0.39 is 0 Å². The van der Waals surface area contributed by atoms with E-state index in [0.717, 1.165) is 18.8 Å². The summed E-state index contributed by atoms with van der Waals surface area (Å²) in [6, 6.07) is 7.03. The molecular formula is C15H20BrN3S. The van der Waals surface area contributed by atoms with Crippen LogP contribution in [0.5, 0.6) is 0 Å². The van der Waals surface area contributed by atoms with Crippen LogP contribution in [0.25, 0.3) is 0 Å². The van der Waals surface area contributed by atoms with Gasteiger partial charge in [0.05, 0.1) is 15.5 Å². The normalized spacial score (nSPS) is 16.6. The zero-order chi connectivity index (χ0) is 13.8. The fraction of sp³-hybridized carbons (Fsp3) is 0.533. The fourth-order valence-electron chi connectivity index (χ4n) is 2.78. The minimum absolute atomic E-state index is 0.630. The van der Waals surface area contributed by atoms with E-state index in [-0.39, 0.29) is 0 Å². The fourth-order valence-corrected chi connectivity index (χ4v) is 4.23. The van der Waals surface area contributed by atoms with E-state index in [1.165, 1.54) is 40.8 Å². The van der Waals surface area contributed by atoms with Crippen molar-refractivity contribution in [3.63, 3.8) is 0 Å². The van der Waals surface area contributed by atoms with Crippen LogP contribution in [0.3, 0.4) is 0 Å². The molecule has 108 valence electrons. The van der Waals surface area contributed by atoms with Gasteiger partial charge in [-0.3, -0.25) is 4.68 Å². The summed E-state index contributed by atoms with van der Waals surface area (Å²) in [6.45, 7) is 1.75. The molecule has 3 rings (SSSR count). The van der Waals surface area contributed by atoms with Crippen molar-refractivity contribution in [1.29, 1.82) is 0 Å². The predicted molar refractivity (Wildman–Crippen MR) is 86.9 cm³/mol. The Labute approximate surface area is 132 Å². The molecule has 0 aromatic carbocycles. The second-order valence-electron chi connectivity index (χ2n) is 5.39. The summed E-state index contributed by atoms with van der Waals surface area (Å²) in [5.41, 5.74) is 1.14. The Balaban J connectivity index is 1.49. The summed E-state index contributed by atoms with van der Waals surface area (Å²) in [7, 11) is 0. The minimum Gasteiger partial charge on any atom is -0.306 e. The third-order valence-corrected chi connectivity index (χ3v) is 5.47. The number of hydrogen-bond acceptors (Lipinski definition) is 3. The molecule has 1 aliphatic carbocycles. The molecule has 1 saturated carbocycles. The van der Waals surface area contributed by atoms with E-state index in [9.17, 15) is 0 Å². The molecular weight excluding hydrogens is 334 g/mol. The Bertz CT molecular complexity index is 543. The predicted octanol–water partition coefficient (Wildman–Crippen LogP) is 4.50. The molecule has 5 heteroatoms. The number of rotatable bonds is 5. The molecule has 0 atom stereocenters. The number of hydrogen-bond donors (Lipinski definition) is 1. The highest BCUT2D eigenvalue weighted by Gasteiger charge is 2.15. The van der Waals surface area contributed by atoms with Gasteiger partial charge in [0.1, 0.15) is 0 Å². The van der Waals surface area contributed by atoms with Gasteiger partial charge in [0.25, 0.3) is 0 Å². The lowest BCUT2D eigenvalue weighted by molar-refractivity contribution is 0.327. The van der Waals surface area contributed by atoms with Gasteiger partial charge in [0.2, 0.25) is 0 Å². The molecule has 0 bridgehead atoms. The van der Waals surface area contributed by atoms with Crippen molar-refractivity contribution >= 4 is 27.3 Å². The largest absolute Gasteiger partial charge is 0.306 e. The summed E-state index contributed by atoms with van der Waals surface area (Å²) < 4.78 is 3.37. The van der Waals surface area contributed by atoms with Gasteiger partial charge in [-0.2, -0.15) is 5.10 Å². The highest BCUT2D eigenvalue weighted by atomic mass is 79.9. The van der Waals surface area contributed by atoms with Gasteiger partial charge in [-0.25, -0.2) is 0 Å². The number of aromatic nitrogens is 2. The second kappa shape index (κ2) is 6.87. The number of nitrogens with one attached hydrogen (secondary N) is 1. The molecule has 0 spiro atoms. The number of nitrogens with zero attached hydrogens (tertiary/aromatic N) is 2. The van der Waals surface area contributed by atoms with Crippen LogP contribution < -0.4 is 5.32 Å². The van der Waals surface area contributed by atoms with Crippen molar-refractivity contribution in [2.24, 2.45) is 0 Å². The van der Waals surface area contributed by atoms with E-state index in [1.54, 1.807) is 11.3 Å². The van der Waals surface area contributed by atoms with Crippen molar-refractivity contribution in [1.82, 2.24) is 15.1 Å². The van der Waals surface area contributed by atoms with Crippen LogP contribution in [0.4, 0.5) is 0 Å². The monoisotopic (exact) mass is 353 g/mol. The van der Waals surface area contributed by atoms with Crippen molar-refractivity contribution < 1.29 is 0 Å². The van der Waals surface area contributed by atoms with Crippen LogP contribution in [0.2, 0.25) is 0 Å².